The Morgan fingerprint density at radius 1 is 1.31 bits per heavy atom. The number of nitro benzene ring substituents is 1. The van der Waals surface area contributed by atoms with Crippen molar-refractivity contribution in [2.24, 2.45) is 5.10 Å². The van der Waals surface area contributed by atoms with Gasteiger partial charge in [-0.1, -0.05) is 0 Å². The molecule has 148 valence electrons. The number of aryl methyl sites for hydroxylation is 2. The van der Waals surface area contributed by atoms with Crippen LogP contribution in [0.4, 0.5) is 5.69 Å². The number of hydrogen-bond donors (Lipinski definition) is 1. The van der Waals surface area contributed by atoms with E-state index in [2.05, 4.69) is 15.5 Å². The summed E-state index contributed by atoms with van der Waals surface area (Å²) in [5, 5.41) is 15.1. The molecule has 0 saturated heterocycles. The summed E-state index contributed by atoms with van der Waals surface area (Å²) >= 11 is 1.57. The molecule has 10 heteroatoms. The largest absolute Gasteiger partial charge is 0.289 e. The van der Waals surface area contributed by atoms with Crippen molar-refractivity contribution in [1.82, 2.24) is 15.0 Å². The van der Waals surface area contributed by atoms with Gasteiger partial charge in [0.15, 0.2) is 0 Å². The highest BCUT2D eigenvalue weighted by Crippen LogP contribution is 2.33. The third-order valence-corrected chi connectivity index (χ3v) is 5.96. The molecule has 0 fully saturated rings. The third-order valence-electron chi connectivity index (χ3n) is 4.76. The van der Waals surface area contributed by atoms with E-state index >= 15 is 0 Å². The number of fused-ring (bicyclic) bond motifs is 3. The Bertz CT molecular complexity index is 1180. The highest BCUT2D eigenvalue weighted by molar-refractivity contribution is 7.18. The van der Waals surface area contributed by atoms with Gasteiger partial charge in [-0.15, -0.1) is 11.3 Å². The quantitative estimate of drug-likeness (QED) is 0.393. The molecule has 3 aromatic rings. The van der Waals surface area contributed by atoms with Gasteiger partial charge < -0.3 is 0 Å². The molecule has 1 aromatic carbocycles. The first-order valence-electron chi connectivity index (χ1n) is 9.09. The predicted octanol–water partition coefficient (Wildman–Crippen LogP) is 2.40. The predicted molar refractivity (Wildman–Crippen MR) is 109 cm³/mol. The van der Waals surface area contributed by atoms with Crippen LogP contribution < -0.4 is 11.0 Å². The summed E-state index contributed by atoms with van der Waals surface area (Å²) in [5.41, 5.74) is 3.81. The maximum Gasteiger partial charge on any atom is 0.269 e. The summed E-state index contributed by atoms with van der Waals surface area (Å²) in [4.78, 5) is 41.5. The van der Waals surface area contributed by atoms with Crippen LogP contribution in [0.5, 0.6) is 0 Å². The van der Waals surface area contributed by atoms with Gasteiger partial charge in [0.1, 0.15) is 11.4 Å². The fourth-order valence-corrected chi connectivity index (χ4v) is 4.56. The van der Waals surface area contributed by atoms with Gasteiger partial charge in [0.2, 0.25) is 0 Å². The molecule has 0 aliphatic heterocycles. The average molecular weight is 411 g/mol. The molecule has 1 N–H and O–H groups in total. The minimum Gasteiger partial charge on any atom is -0.289 e. The van der Waals surface area contributed by atoms with Crippen LogP contribution in [-0.4, -0.2) is 26.6 Å². The van der Waals surface area contributed by atoms with Gasteiger partial charge in [-0.25, -0.2) is 10.4 Å². The van der Waals surface area contributed by atoms with Crippen LogP contribution in [0.25, 0.3) is 10.2 Å². The maximum atomic E-state index is 12.8. The van der Waals surface area contributed by atoms with Crippen LogP contribution in [0, 0.1) is 10.1 Å². The van der Waals surface area contributed by atoms with Gasteiger partial charge in [-0.2, -0.15) is 5.10 Å². The number of benzene rings is 1. The molecular weight excluding hydrogens is 394 g/mol. The monoisotopic (exact) mass is 411 g/mol. The normalized spacial score (nSPS) is 13.5. The second-order valence-electron chi connectivity index (χ2n) is 6.71. The standard InChI is InChI=1S/C19H17N5O4S/c25-16(22-21-9-12-5-7-13(8-6-12)24(27)28)10-23-11-20-18-17(19(23)26)14-3-1-2-4-15(14)29-18/h5-9,11H,1-4,10H2,(H,22,25)/b21-9+. The molecule has 1 aliphatic rings. The fourth-order valence-electron chi connectivity index (χ4n) is 3.34. The summed E-state index contributed by atoms with van der Waals surface area (Å²) in [6.07, 6.45) is 6.82. The van der Waals surface area contributed by atoms with Gasteiger partial charge in [0, 0.05) is 17.0 Å². The second kappa shape index (κ2) is 7.92. The van der Waals surface area contributed by atoms with Crippen molar-refractivity contribution in [2.75, 3.05) is 0 Å². The smallest absolute Gasteiger partial charge is 0.269 e. The van der Waals surface area contributed by atoms with Crippen molar-refractivity contribution >= 4 is 39.4 Å². The number of carbonyl (C=O) groups excluding carboxylic acids is 1. The molecule has 1 aliphatic carbocycles. The summed E-state index contributed by atoms with van der Waals surface area (Å²) in [6.45, 7) is -0.190. The lowest BCUT2D eigenvalue weighted by atomic mass is 9.97. The molecule has 2 aromatic heterocycles. The minimum absolute atomic E-state index is 0.0240. The SMILES string of the molecule is O=C(Cn1cnc2sc3c(c2c1=O)CCCC3)N/N=C/c1ccc([N+](=O)[O-])cc1. The van der Waals surface area contributed by atoms with Gasteiger partial charge in [-0.05, 0) is 48.9 Å². The first-order valence-corrected chi connectivity index (χ1v) is 9.90. The molecule has 29 heavy (non-hydrogen) atoms. The number of nitrogens with one attached hydrogen (secondary N) is 1. The maximum absolute atomic E-state index is 12.8. The number of thiophene rings is 1. The van der Waals surface area contributed by atoms with Crippen molar-refractivity contribution in [3.8, 4) is 0 Å². The summed E-state index contributed by atoms with van der Waals surface area (Å²) in [7, 11) is 0. The Kier molecular flexibility index (Phi) is 5.17. The average Bonchev–Trinajstić information content (AvgIpc) is 3.10. The summed E-state index contributed by atoms with van der Waals surface area (Å²) in [6, 6.07) is 5.75. The molecule has 0 spiro atoms. The Morgan fingerprint density at radius 3 is 2.83 bits per heavy atom. The highest BCUT2D eigenvalue weighted by atomic mass is 32.1. The van der Waals surface area contributed by atoms with Crippen LogP contribution in [0.1, 0.15) is 28.8 Å². The minimum atomic E-state index is -0.490. The summed E-state index contributed by atoms with van der Waals surface area (Å²) in [5.74, 6) is -0.462. The van der Waals surface area contributed by atoms with Crippen molar-refractivity contribution in [2.45, 2.75) is 32.2 Å². The molecule has 0 unspecified atom stereocenters. The molecular formula is C19H17N5O4S. The van der Waals surface area contributed by atoms with Crippen molar-refractivity contribution in [1.29, 1.82) is 0 Å². The highest BCUT2D eigenvalue weighted by Gasteiger charge is 2.20. The molecule has 0 radical (unpaired) electrons. The zero-order chi connectivity index (χ0) is 20.4. The fraction of sp³-hybridized carbons (Fsp3) is 0.263. The first-order chi connectivity index (χ1) is 14.0. The lowest BCUT2D eigenvalue weighted by molar-refractivity contribution is -0.384. The van der Waals surface area contributed by atoms with Crippen molar-refractivity contribution in [3.63, 3.8) is 0 Å². The Hall–Kier alpha value is -3.40. The molecule has 0 atom stereocenters. The number of nitrogens with zero attached hydrogens (tertiary/aromatic N) is 4. The number of nitro groups is 1. The zero-order valence-corrected chi connectivity index (χ0v) is 16.1. The van der Waals surface area contributed by atoms with Gasteiger partial charge in [-0.3, -0.25) is 24.3 Å². The van der Waals surface area contributed by atoms with E-state index in [1.54, 1.807) is 11.3 Å². The van der Waals surface area contributed by atoms with Crippen LogP contribution in [-0.2, 0) is 24.2 Å². The number of non-ortho nitro benzene ring substituents is 1. The number of carbonyl (C=O) groups is 1. The Balaban J connectivity index is 1.45. The summed E-state index contributed by atoms with van der Waals surface area (Å²) < 4.78 is 1.29. The third kappa shape index (κ3) is 3.92. The van der Waals surface area contributed by atoms with Crippen molar-refractivity contribution < 1.29 is 9.72 Å². The van der Waals surface area contributed by atoms with E-state index in [9.17, 15) is 19.7 Å². The number of rotatable bonds is 5. The Labute approximate surface area is 168 Å². The van der Waals surface area contributed by atoms with Crippen LogP contribution in [0.15, 0.2) is 40.5 Å². The van der Waals surface area contributed by atoms with E-state index in [0.29, 0.717) is 10.9 Å². The van der Waals surface area contributed by atoms with Crippen LogP contribution in [0.3, 0.4) is 0 Å². The number of hydrazone groups is 1. The lowest BCUT2D eigenvalue weighted by Gasteiger charge is -2.10. The number of hydrogen-bond acceptors (Lipinski definition) is 7. The van der Waals surface area contributed by atoms with Crippen LogP contribution in [0.2, 0.25) is 0 Å². The van der Waals surface area contributed by atoms with Gasteiger partial charge in [0.25, 0.3) is 17.2 Å². The second-order valence-corrected chi connectivity index (χ2v) is 7.79. The van der Waals surface area contributed by atoms with E-state index in [1.807, 2.05) is 0 Å². The molecule has 9 nitrogen and oxygen atoms in total. The van der Waals surface area contributed by atoms with E-state index in [-0.39, 0.29) is 17.8 Å². The lowest BCUT2D eigenvalue weighted by Crippen LogP contribution is -2.30. The zero-order valence-electron chi connectivity index (χ0n) is 15.3. The van der Waals surface area contributed by atoms with E-state index in [0.717, 1.165) is 36.1 Å². The van der Waals surface area contributed by atoms with Crippen LogP contribution >= 0.6 is 11.3 Å². The molecule has 0 saturated carbocycles. The molecule has 0 bridgehead atoms. The van der Waals surface area contributed by atoms with Gasteiger partial charge in [0.05, 0.1) is 22.9 Å². The van der Waals surface area contributed by atoms with E-state index in [1.165, 1.54) is 46.3 Å². The molecule has 4 rings (SSSR count). The topological polar surface area (TPSA) is 119 Å². The number of amides is 1. The molecule has 1 amide bonds. The van der Waals surface area contributed by atoms with Crippen molar-refractivity contribution in [3.05, 3.63) is 67.1 Å². The first kappa shape index (κ1) is 18.9. The molecule has 2 heterocycles. The van der Waals surface area contributed by atoms with Gasteiger partial charge >= 0.3 is 0 Å². The number of aromatic nitrogens is 2. The Morgan fingerprint density at radius 2 is 2.07 bits per heavy atom. The van der Waals surface area contributed by atoms with E-state index < -0.39 is 10.8 Å². The van der Waals surface area contributed by atoms with E-state index in [4.69, 9.17) is 0 Å².